The Morgan fingerprint density at radius 3 is 1.50 bits per heavy atom. The van der Waals surface area contributed by atoms with Crippen molar-refractivity contribution in [2.45, 2.75) is 12.3 Å². The summed E-state index contributed by atoms with van der Waals surface area (Å²) in [7, 11) is 2.60. The molecule has 2 aromatic carbocycles. The van der Waals surface area contributed by atoms with E-state index in [1.807, 2.05) is 24.3 Å². The minimum atomic E-state index is -0.538. The van der Waals surface area contributed by atoms with Gasteiger partial charge in [-0.25, -0.2) is 0 Å². The lowest BCUT2D eigenvalue weighted by atomic mass is 10.1. The second-order valence-corrected chi connectivity index (χ2v) is 7.89. The fraction of sp³-hybridized carbons (Fsp3) is 0.333. The van der Waals surface area contributed by atoms with E-state index >= 15 is 0 Å². The van der Waals surface area contributed by atoms with Gasteiger partial charge in [-0.05, 0) is 12.1 Å². The molecule has 2 unspecified atom stereocenters. The molecule has 10 heteroatoms. The third-order valence-corrected chi connectivity index (χ3v) is 6.03. The number of carbonyl (C=O) groups excluding carboxylic acids is 4. The first-order chi connectivity index (χ1) is 16.5. The minimum absolute atomic E-state index is 0.0727. The predicted molar refractivity (Wildman–Crippen MR) is 120 cm³/mol. The van der Waals surface area contributed by atoms with Gasteiger partial charge in [-0.1, -0.05) is 36.4 Å². The third kappa shape index (κ3) is 4.37. The van der Waals surface area contributed by atoms with Crippen LogP contribution >= 0.6 is 0 Å². The Bertz CT molecular complexity index is 1030. The molecule has 0 saturated carbocycles. The zero-order valence-electron chi connectivity index (χ0n) is 18.9. The number of hydrogen-bond acceptors (Lipinski definition) is 8. The Morgan fingerprint density at radius 1 is 0.735 bits per heavy atom. The molecule has 2 atom stereocenters. The number of esters is 2. The molecule has 4 rings (SSSR count). The molecular weight excluding hydrogens is 440 g/mol. The molecule has 0 bridgehead atoms. The summed E-state index contributed by atoms with van der Waals surface area (Å²) in [4.78, 5) is 52.9. The van der Waals surface area contributed by atoms with Gasteiger partial charge in [0, 0.05) is 35.3 Å². The second-order valence-electron chi connectivity index (χ2n) is 7.89. The summed E-state index contributed by atoms with van der Waals surface area (Å²) in [6, 6.07) is 14.4. The number of amides is 2. The van der Waals surface area contributed by atoms with Crippen LogP contribution in [0, 0.1) is 0 Å². The second kappa shape index (κ2) is 10.0. The lowest BCUT2D eigenvalue weighted by Gasteiger charge is -2.31. The number of hydrogen-bond donors (Lipinski definition) is 2. The van der Waals surface area contributed by atoms with E-state index in [-0.39, 0.29) is 38.0 Å². The van der Waals surface area contributed by atoms with Crippen molar-refractivity contribution in [1.29, 1.82) is 0 Å². The van der Waals surface area contributed by atoms with Crippen LogP contribution in [0.2, 0.25) is 0 Å². The Hall–Kier alpha value is -3.76. The molecular formula is C24H26N4O6. The lowest BCUT2D eigenvalue weighted by molar-refractivity contribution is -0.140. The number of methoxy groups -OCH3 is 2. The number of nitrogens with zero attached hydrogens (tertiary/aromatic N) is 2. The molecule has 178 valence electrons. The van der Waals surface area contributed by atoms with Gasteiger partial charge in [0.05, 0.1) is 27.3 Å². The van der Waals surface area contributed by atoms with Gasteiger partial charge in [0.25, 0.3) is 11.8 Å². The first-order valence-electron chi connectivity index (χ1n) is 10.9. The minimum Gasteiger partial charge on any atom is -0.468 e. The molecule has 2 amide bonds. The monoisotopic (exact) mass is 466 g/mol. The summed E-state index contributed by atoms with van der Waals surface area (Å²) in [5, 5.41) is 6.16. The maximum absolute atomic E-state index is 13.2. The van der Waals surface area contributed by atoms with Crippen LogP contribution in [0.3, 0.4) is 0 Å². The van der Waals surface area contributed by atoms with E-state index in [0.717, 1.165) is 11.1 Å². The Balaban J connectivity index is 1.54. The molecule has 2 N–H and O–H groups in total. The van der Waals surface area contributed by atoms with Crippen LogP contribution in [0.5, 0.6) is 0 Å². The van der Waals surface area contributed by atoms with Crippen LogP contribution < -0.4 is 10.6 Å². The van der Waals surface area contributed by atoms with Gasteiger partial charge in [-0.2, -0.15) is 0 Å². The van der Waals surface area contributed by atoms with Crippen LogP contribution in [0.15, 0.2) is 48.5 Å². The SMILES string of the molecule is COC(=O)CNC1c2ccccc2C(=O)N1CCN1C(=O)c2ccccc2C1NCC(=O)OC. The number of fused-ring (bicyclic) bond motifs is 2. The molecule has 0 radical (unpaired) electrons. The van der Waals surface area contributed by atoms with Crippen molar-refractivity contribution < 1.29 is 28.7 Å². The van der Waals surface area contributed by atoms with Gasteiger partial charge < -0.3 is 19.3 Å². The molecule has 0 saturated heterocycles. The van der Waals surface area contributed by atoms with Crippen molar-refractivity contribution in [3.63, 3.8) is 0 Å². The van der Waals surface area contributed by atoms with Crippen molar-refractivity contribution in [1.82, 2.24) is 20.4 Å². The maximum atomic E-state index is 13.2. The van der Waals surface area contributed by atoms with Crippen LogP contribution in [0.1, 0.15) is 44.2 Å². The average molecular weight is 466 g/mol. The number of ether oxygens (including phenoxy) is 2. The summed E-state index contributed by atoms with van der Waals surface area (Å²) in [6.07, 6.45) is -1.08. The van der Waals surface area contributed by atoms with E-state index in [1.165, 1.54) is 14.2 Å². The molecule has 2 aromatic rings. The molecule has 0 aliphatic carbocycles. The van der Waals surface area contributed by atoms with Crippen LogP contribution in [0.25, 0.3) is 0 Å². The number of benzene rings is 2. The molecule has 0 spiro atoms. The fourth-order valence-electron chi connectivity index (χ4n) is 4.36. The topological polar surface area (TPSA) is 117 Å². The summed E-state index contributed by atoms with van der Waals surface area (Å²) < 4.78 is 9.43. The smallest absolute Gasteiger partial charge is 0.319 e. The molecule has 2 aliphatic heterocycles. The lowest BCUT2D eigenvalue weighted by Crippen LogP contribution is -2.46. The van der Waals surface area contributed by atoms with Gasteiger partial charge in [-0.15, -0.1) is 0 Å². The first kappa shape index (κ1) is 23.4. The first-order valence-corrected chi connectivity index (χ1v) is 10.9. The highest BCUT2D eigenvalue weighted by molar-refractivity contribution is 6.00. The predicted octanol–water partition coefficient (Wildman–Crippen LogP) is 0.821. The Morgan fingerprint density at radius 2 is 1.12 bits per heavy atom. The molecule has 2 heterocycles. The highest BCUT2D eigenvalue weighted by Crippen LogP contribution is 2.34. The van der Waals surface area contributed by atoms with Gasteiger partial charge in [-0.3, -0.25) is 29.8 Å². The van der Waals surface area contributed by atoms with Crippen molar-refractivity contribution >= 4 is 23.8 Å². The van der Waals surface area contributed by atoms with E-state index < -0.39 is 24.3 Å². The highest BCUT2D eigenvalue weighted by atomic mass is 16.5. The largest absolute Gasteiger partial charge is 0.468 e. The van der Waals surface area contributed by atoms with Crippen molar-refractivity contribution in [3.8, 4) is 0 Å². The van der Waals surface area contributed by atoms with E-state index in [4.69, 9.17) is 9.47 Å². The molecule has 0 aromatic heterocycles. The van der Waals surface area contributed by atoms with Crippen LogP contribution in [-0.4, -0.2) is 74.0 Å². The number of nitrogens with one attached hydrogen (secondary N) is 2. The van der Waals surface area contributed by atoms with E-state index in [1.54, 1.807) is 34.1 Å². The number of rotatable bonds is 9. The van der Waals surface area contributed by atoms with Crippen LogP contribution in [0.4, 0.5) is 0 Å². The molecule has 34 heavy (non-hydrogen) atoms. The van der Waals surface area contributed by atoms with Gasteiger partial charge in [0.1, 0.15) is 12.3 Å². The van der Waals surface area contributed by atoms with Gasteiger partial charge in [0.2, 0.25) is 0 Å². The maximum Gasteiger partial charge on any atom is 0.319 e. The Labute approximate surface area is 196 Å². The van der Waals surface area contributed by atoms with Crippen molar-refractivity contribution in [3.05, 3.63) is 70.8 Å². The highest BCUT2D eigenvalue weighted by Gasteiger charge is 2.40. The zero-order chi connectivity index (χ0) is 24.2. The van der Waals surface area contributed by atoms with E-state index in [0.29, 0.717) is 11.1 Å². The fourth-order valence-corrected chi connectivity index (χ4v) is 4.36. The standard InChI is InChI=1S/C24H26N4O6/c1-33-19(29)13-25-21-15-7-3-5-9-17(15)23(31)27(21)11-12-28-22(26-14-20(30)34-2)16-8-4-6-10-18(16)24(28)32/h3-10,21-22,25-26H,11-14H2,1-2H3. The van der Waals surface area contributed by atoms with E-state index in [9.17, 15) is 19.2 Å². The summed E-state index contributed by atoms with van der Waals surface area (Å²) in [6.45, 7) is 0.276. The Kier molecular flexibility index (Phi) is 6.90. The quantitative estimate of drug-likeness (QED) is 0.522. The van der Waals surface area contributed by atoms with Crippen molar-refractivity contribution in [2.75, 3.05) is 40.4 Å². The normalized spacial score (nSPS) is 18.6. The van der Waals surface area contributed by atoms with Crippen LogP contribution in [-0.2, 0) is 19.1 Å². The number of carbonyl (C=O) groups is 4. The zero-order valence-corrected chi connectivity index (χ0v) is 18.9. The van der Waals surface area contributed by atoms with Gasteiger partial charge >= 0.3 is 11.9 Å². The van der Waals surface area contributed by atoms with Crippen molar-refractivity contribution in [2.24, 2.45) is 0 Å². The van der Waals surface area contributed by atoms with Gasteiger partial charge in [0.15, 0.2) is 0 Å². The summed E-state index contributed by atoms with van der Waals surface area (Å²) in [5.74, 6) is -1.29. The third-order valence-electron chi connectivity index (χ3n) is 6.03. The molecule has 10 nitrogen and oxygen atoms in total. The molecule has 0 fully saturated rings. The summed E-state index contributed by atoms with van der Waals surface area (Å²) in [5.41, 5.74) is 2.60. The van der Waals surface area contributed by atoms with E-state index in [2.05, 4.69) is 10.6 Å². The summed E-state index contributed by atoms with van der Waals surface area (Å²) >= 11 is 0. The average Bonchev–Trinajstić information content (AvgIpc) is 3.29. The molecule has 2 aliphatic rings.